The predicted molar refractivity (Wildman–Crippen MR) is 87.1 cm³/mol. The van der Waals surface area contributed by atoms with Gasteiger partial charge in [-0.3, -0.25) is 0 Å². The van der Waals surface area contributed by atoms with Gasteiger partial charge in [-0.25, -0.2) is 0 Å². The number of benzene rings is 1. The minimum Gasteiger partial charge on any atom is -0.418 e. The van der Waals surface area contributed by atoms with Gasteiger partial charge in [0.05, 0.1) is 8.07 Å². The molecule has 0 N–H and O–H groups in total. The van der Waals surface area contributed by atoms with Gasteiger partial charge < -0.3 is 4.43 Å². The van der Waals surface area contributed by atoms with Crippen molar-refractivity contribution in [2.45, 2.75) is 38.7 Å². The quantitative estimate of drug-likeness (QED) is 0.420. The normalized spacial score (nSPS) is 15.4. The standard InChI is InChI=1S/C14H25ClOSi2/c1-17(2,3)16-11-8-12-18(4,13-15)14-9-6-5-7-10-14/h5-7,9-10H,8,11-13H2,1-4H3. The van der Waals surface area contributed by atoms with E-state index in [0.29, 0.717) is 0 Å². The molecule has 0 fully saturated rings. The molecule has 1 unspecified atom stereocenters. The van der Waals surface area contributed by atoms with Crippen LogP contribution in [0, 0.1) is 0 Å². The molecule has 0 spiro atoms. The first-order valence-electron chi connectivity index (χ1n) is 6.63. The van der Waals surface area contributed by atoms with Crippen molar-refractivity contribution in [2.75, 3.05) is 12.1 Å². The third-order valence-electron chi connectivity index (χ3n) is 3.17. The first-order chi connectivity index (χ1) is 8.37. The molecule has 102 valence electrons. The lowest BCUT2D eigenvalue weighted by Crippen LogP contribution is -2.47. The van der Waals surface area contributed by atoms with E-state index >= 15 is 0 Å². The molecule has 4 heteroatoms. The van der Waals surface area contributed by atoms with Gasteiger partial charge in [-0.15, -0.1) is 11.6 Å². The van der Waals surface area contributed by atoms with Gasteiger partial charge in [0, 0.05) is 12.1 Å². The van der Waals surface area contributed by atoms with Crippen molar-refractivity contribution < 1.29 is 4.43 Å². The molecule has 0 aromatic heterocycles. The van der Waals surface area contributed by atoms with Crippen LogP contribution >= 0.6 is 11.6 Å². The molecule has 1 nitrogen and oxygen atoms in total. The predicted octanol–water partition coefficient (Wildman–Crippen LogP) is 3.99. The fourth-order valence-electron chi connectivity index (χ4n) is 1.97. The summed E-state index contributed by atoms with van der Waals surface area (Å²) in [5.41, 5.74) is 0.796. The molecule has 0 bridgehead atoms. The van der Waals surface area contributed by atoms with Crippen LogP contribution in [0.25, 0.3) is 0 Å². The van der Waals surface area contributed by atoms with Gasteiger partial charge in [0.25, 0.3) is 0 Å². The SMILES string of the molecule is C[Si](C)(C)OCCC[Si](C)(CCl)c1ccccc1. The van der Waals surface area contributed by atoms with E-state index in [4.69, 9.17) is 16.0 Å². The van der Waals surface area contributed by atoms with Crippen molar-refractivity contribution in [1.29, 1.82) is 0 Å². The molecule has 0 radical (unpaired) electrons. The Morgan fingerprint density at radius 3 is 2.17 bits per heavy atom. The molecule has 0 saturated carbocycles. The summed E-state index contributed by atoms with van der Waals surface area (Å²) in [5.74, 6) is 0. The van der Waals surface area contributed by atoms with Crippen molar-refractivity contribution in [3.05, 3.63) is 30.3 Å². The summed E-state index contributed by atoms with van der Waals surface area (Å²) in [6.45, 7) is 9.99. The third-order valence-corrected chi connectivity index (χ3v) is 9.79. The maximum Gasteiger partial charge on any atom is 0.183 e. The Kier molecular flexibility index (Phi) is 6.11. The molecule has 18 heavy (non-hydrogen) atoms. The molecule has 0 aliphatic carbocycles. The van der Waals surface area contributed by atoms with Gasteiger partial charge in [0.15, 0.2) is 8.32 Å². The van der Waals surface area contributed by atoms with Crippen molar-refractivity contribution in [3.8, 4) is 0 Å². The molecule has 0 amide bonds. The Balaban J connectivity index is 2.52. The van der Waals surface area contributed by atoms with E-state index in [1.54, 1.807) is 0 Å². The Labute approximate surface area is 119 Å². The second kappa shape index (κ2) is 6.89. The van der Waals surface area contributed by atoms with Crippen molar-refractivity contribution >= 4 is 33.2 Å². The summed E-state index contributed by atoms with van der Waals surface area (Å²) in [6.07, 6.45) is 1.13. The lowest BCUT2D eigenvalue weighted by Gasteiger charge is -2.26. The monoisotopic (exact) mass is 300 g/mol. The van der Waals surface area contributed by atoms with Gasteiger partial charge in [0.1, 0.15) is 0 Å². The molecule has 1 aromatic rings. The van der Waals surface area contributed by atoms with E-state index < -0.39 is 16.4 Å². The molecule has 0 aliphatic rings. The minimum atomic E-state index is -1.49. The van der Waals surface area contributed by atoms with Gasteiger partial charge in [-0.2, -0.15) is 0 Å². The second-order valence-electron chi connectivity index (χ2n) is 6.12. The van der Waals surface area contributed by atoms with Crippen LogP contribution in [0.5, 0.6) is 0 Å². The highest BCUT2D eigenvalue weighted by atomic mass is 35.5. The average molecular weight is 301 g/mol. The van der Waals surface area contributed by atoms with Gasteiger partial charge in [-0.1, -0.05) is 48.1 Å². The summed E-state index contributed by atoms with van der Waals surface area (Å²) in [5, 5.41) is 1.47. The van der Waals surface area contributed by atoms with Crippen molar-refractivity contribution in [2.24, 2.45) is 0 Å². The fraction of sp³-hybridized carbons (Fsp3) is 0.571. The first-order valence-corrected chi connectivity index (χ1v) is 13.5. The molecule has 1 rings (SSSR count). The molecule has 1 atom stereocenters. The zero-order valence-electron chi connectivity index (χ0n) is 12.0. The minimum absolute atomic E-state index is 0.796. The molecule has 0 saturated heterocycles. The molecule has 1 aromatic carbocycles. The molecule has 0 heterocycles. The maximum absolute atomic E-state index is 6.24. The number of hydrogen-bond donors (Lipinski definition) is 0. The smallest absolute Gasteiger partial charge is 0.183 e. The lowest BCUT2D eigenvalue weighted by molar-refractivity contribution is 0.310. The zero-order chi connectivity index (χ0) is 13.6. The van der Waals surface area contributed by atoms with E-state index in [1.807, 2.05) is 0 Å². The zero-order valence-corrected chi connectivity index (χ0v) is 14.8. The van der Waals surface area contributed by atoms with Gasteiger partial charge in [0.2, 0.25) is 0 Å². The lowest BCUT2D eigenvalue weighted by atomic mass is 10.4. The Bertz CT molecular complexity index is 351. The topological polar surface area (TPSA) is 9.23 Å². The highest BCUT2D eigenvalue weighted by molar-refractivity contribution is 6.95. The largest absolute Gasteiger partial charge is 0.418 e. The van der Waals surface area contributed by atoms with Crippen LogP contribution in [0.3, 0.4) is 0 Å². The molecule has 0 aliphatic heterocycles. The third kappa shape index (κ3) is 5.26. The van der Waals surface area contributed by atoms with Gasteiger partial charge in [-0.05, 0) is 26.1 Å². The van der Waals surface area contributed by atoms with Crippen LogP contribution in [0.1, 0.15) is 6.42 Å². The second-order valence-corrected chi connectivity index (χ2v) is 15.9. The fourth-order valence-corrected chi connectivity index (χ4v) is 6.09. The van der Waals surface area contributed by atoms with Gasteiger partial charge >= 0.3 is 0 Å². The first kappa shape index (κ1) is 16.0. The Morgan fingerprint density at radius 1 is 1.06 bits per heavy atom. The van der Waals surface area contributed by atoms with Crippen LogP contribution in [0.4, 0.5) is 0 Å². The average Bonchev–Trinajstić information content (AvgIpc) is 2.34. The van der Waals surface area contributed by atoms with Crippen molar-refractivity contribution in [3.63, 3.8) is 0 Å². The van der Waals surface area contributed by atoms with Crippen LogP contribution in [-0.2, 0) is 4.43 Å². The maximum atomic E-state index is 6.24. The van der Waals surface area contributed by atoms with E-state index in [9.17, 15) is 0 Å². The highest BCUT2D eigenvalue weighted by Gasteiger charge is 2.28. The number of rotatable bonds is 7. The van der Waals surface area contributed by atoms with Crippen LogP contribution in [0.2, 0.25) is 32.2 Å². The summed E-state index contributed by atoms with van der Waals surface area (Å²) in [6, 6.07) is 12.0. The number of alkyl halides is 1. The highest BCUT2D eigenvalue weighted by Crippen LogP contribution is 2.16. The van der Waals surface area contributed by atoms with E-state index in [1.165, 1.54) is 11.2 Å². The Hall–Kier alpha value is -0.0962. The summed E-state index contributed by atoms with van der Waals surface area (Å²) >= 11 is 6.24. The summed E-state index contributed by atoms with van der Waals surface area (Å²) in [4.78, 5) is 0. The molecular weight excluding hydrogens is 276 g/mol. The van der Waals surface area contributed by atoms with Crippen LogP contribution in [-0.4, -0.2) is 28.5 Å². The van der Waals surface area contributed by atoms with Crippen LogP contribution in [0.15, 0.2) is 30.3 Å². The van der Waals surface area contributed by atoms with E-state index in [-0.39, 0.29) is 0 Å². The summed E-state index contributed by atoms with van der Waals surface area (Å²) < 4.78 is 5.92. The Morgan fingerprint density at radius 2 is 1.67 bits per heavy atom. The number of hydrogen-bond acceptors (Lipinski definition) is 1. The molecular formula is C14H25ClOSi2. The summed E-state index contributed by atoms with van der Waals surface area (Å²) in [7, 11) is -2.86. The van der Waals surface area contributed by atoms with E-state index in [2.05, 4.69) is 56.5 Å². The van der Waals surface area contributed by atoms with Crippen LogP contribution < -0.4 is 5.19 Å². The van der Waals surface area contributed by atoms with E-state index in [0.717, 1.165) is 18.5 Å². The van der Waals surface area contributed by atoms with Crippen molar-refractivity contribution in [1.82, 2.24) is 0 Å². The number of halogens is 1.